The van der Waals surface area contributed by atoms with Crippen molar-refractivity contribution in [2.24, 2.45) is 0 Å². The first kappa shape index (κ1) is 21.0. The summed E-state index contributed by atoms with van der Waals surface area (Å²) in [7, 11) is 2.95. The predicted molar refractivity (Wildman–Crippen MR) is 116 cm³/mol. The number of hydrogen-bond acceptors (Lipinski definition) is 7. The molecule has 1 fully saturated rings. The molecular weight excluding hydrogens is 410 g/mol. The number of aliphatic hydroxyl groups is 1. The molecule has 8 heteroatoms. The maximum Gasteiger partial charge on any atom is 0.295 e. The number of hydrogen-bond donors (Lipinski definition) is 1. The van der Waals surface area contributed by atoms with Crippen LogP contribution in [-0.2, 0) is 16.1 Å². The van der Waals surface area contributed by atoms with E-state index in [0.717, 1.165) is 5.56 Å². The smallest absolute Gasteiger partial charge is 0.295 e. The van der Waals surface area contributed by atoms with Gasteiger partial charge in [-0.05, 0) is 47.5 Å². The summed E-state index contributed by atoms with van der Waals surface area (Å²) in [5, 5.41) is 11.3. The maximum absolute atomic E-state index is 13.1. The van der Waals surface area contributed by atoms with Crippen LogP contribution in [-0.4, -0.2) is 45.9 Å². The van der Waals surface area contributed by atoms with Crippen molar-refractivity contribution >= 4 is 17.4 Å². The number of likely N-dealkylation sites (tertiary alicyclic amines) is 1. The molecule has 1 aromatic carbocycles. The van der Waals surface area contributed by atoms with Gasteiger partial charge in [-0.3, -0.25) is 19.6 Å². The molecule has 4 rings (SSSR count). The van der Waals surface area contributed by atoms with Crippen LogP contribution in [0.2, 0.25) is 0 Å². The summed E-state index contributed by atoms with van der Waals surface area (Å²) in [4.78, 5) is 35.7. The molecule has 1 aliphatic heterocycles. The van der Waals surface area contributed by atoms with Gasteiger partial charge in [-0.25, -0.2) is 0 Å². The van der Waals surface area contributed by atoms with Gasteiger partial charge in [0.2, 0.25) is 0 Å². The lowest BCUT2D eigenvalue weighted by molar-refractivity contribution is -0.140. The Kier molecular flexibility index (Phi) is 5.85. The molecule has 1 aliphatic rings. The van der Waals surface area contributed by atoms with Gasteiger partial charge in [-0.15, -0.1) is 0 Å². The number of Topliss-reactive ketones (excluding diaryl/α,β-unsaturated/α-hetero) is 1. The first-order valence-corrected chi connectivity index (χ1v) is 9.84. The summed E-state index contributed by atoms with van der Waals surface area (Å²) in [6.07, 6.45) is 6.42. The molecule has 0 aliphatic carbocycles. The number of aliphatic hydroxyl groups excluding tert-OH is 1. The van der Waals surface area contributed by atoms with Crippen LogP contribution in [0.4, 0.5) is 0 Å². The first-order valence-electron chi connectivity index (χ1n) is 9.84. The van der Waals surface area contributed by atoms with Crippen molar-refractivity contribution in [2.45, 2.75) is 12.6 Å². The van der Waals surface area contributed by atoms with E-state index in [0.29, 0.717) is 17.1 Å². The van der Waals surface area contributed by atoms with Crippen molar-refractivity contribution in [1.29, 1.82) is 0 Å². The van der Waals surface area contributed by atoms with Gasteiger partial charge in [0.25, 0.3) is 11.7 Å². The minimum atomic E-state index is -0.811. The molecule has 1 amide bonds. The van der Waals surface area contributed by atoms with Gasteiger partial charge in [-0.2, -0.15) is 0 Å². The van der Waals surface area contributed by atoms with Gasteiger partial charge in [0, 0.05) is 31.3 Å². The molecule has 1 N–H and O–H groups in total. The maximum atomic E-state index is 13.1. The summed E-state index contributed by atoms with van der Waals surface area (Å²) >= 11 is 0. The number of benzene rings is 1. The van der Waals surface area contributed by atoms with E-state index >= 15 is 0 Å². The van der Waals surface area contributed by atoms with Gasteiger partial charge >= 0.3 is 0 Å². The molecule has 0 radical (unpaired) electrons. The molecule has 0 spiro atoms. The topological polar surface area (TPSA) is 102 Å². The van der Waals surface area contributed by atoms with E-state index in [1.807, 2.05) is 6.07 Å². The average molecular weight is 431 g/mol. The zero-order chi connectivity index (χ0) is 22.7. The highest BCUT2D eigenvalue weighted by atomic mass is 16.5. The highest BCUT2D eigenvalue weighted by Crippen LogP contribution is 2.42. The second-order valence-corrected chi connectivity index (χ2v) is 7.14. The molecule has 3 aromatic rings. The third-order valence-electron chi connectivity index (χ3n) is 5.30. The lowest BCUT2D eigenvalue weighted by Crippen LogP contribution is -2.29. The van der Waals surface area contributed by atoms with Gasteiger partial charge in [0.05, 0.1) is 31.4 Å². The Morgan fingerprint density at radius 1 is 1.03 bits per heavy atom. The number of aromatic nitrogens is 2. The molecule has 2 aromatic heterocycles. The van der Waals surface area contributed by atoms with E-state index in [-0.39, 0.29) is 23.4 Å². The molecule has 3 heterocycles. The molecule has 1 saturated heterocycles. The minimum Gasteiger partial charge on any atom is -0.507 e. The van der Waals surface area contributed by atoms with Crippen molar-refractivity contribution < 1.29 is 24.2 Å². The molecule has 0 saturated carbocycles. The molecule has 8 nitrogen and oxygen atoms in total. The van der Waals surface area contributed by atoms with E-state index in [4.69, 9.17) is 9.47 Å². The van der Waals surface area contributed by atoms with E-state index < -0.39 is 17.7 Å². The van der Waals surface area contributed by atoms with Gasteiger partial charge < -0.3 is 19.5 Å². The second kappa shape index (κ2) is 8.89. The number of nitrogens with zero attached hydrogens (tertiary/aromatic N) is 3. The number of pyridine rings is 2. The number of amides is 1. The van der Waals surface area contributed by atoms with E-state index in [2.05, 4.69) is 9.97 Å². The first-order chi connectivity index (χ1) is 15.5. The van der Waals surface area contributed by atoms with Crippen LogP contribution in [0.3, 0.4) is 0 Å². The van der Waals surface area contributed by atoms with E-state index in [9.17, 15) is 14.7 Å². The molecular formula is C24H21N3O5. The molecule has 162 valence electrons. The summed E-state index contributed by atoms with van der Waals surface area (Å²) in [6, 6.07) is 11.1. The molecule has 1 atom stereocenters. The van der Waals surface area contributed by atoms with Crippen LogP contribution < -0.4 is 9.47 Å². The third-order valence-corrected chi connectivity index (χ3v) is 5.30. The highest BCUT2D eigenvalue weighted by Gasteiger charge is 2.46. The SMILES string of the molecule is COc1ccc(OC)c(/C(O)=C2\C(=O)C(=O)N(Cc3cccnc3)C2c2ccncc2)c1. The van der Waals surface area contributed by atoms with Crippen LogP contribution in [0.1, 0.15) is 22.7 Å². The fourth-order valence-corrected chi connectivity index (χ4v) is 3.77. The van der Waals surface area contributed by atoms with E-state index in [1.54, 1.807) is 61.2 Å². The van der Waals surface area contributed by atoms with Crippen LogP contribution in [0.25, 0.3) is 5.76 Å². The number of methoxy groups -OCH3 is 2. The summed E-state index contributed by atoms with van der Waals surface area (Å²) in [5.41, 5.74) is 1.63. The number of rotatable bonds is 6. The van der Waals surface area contributed by atoms with Crippen LogP contribution in [0.5, 0.6) is 11.5 Å². The molecule has 32 heavy (non-hydrogen) atoms. The Morgan fingerprint density at radius 2 is 1.81 bits per heavy atom. The van der Waals surface area contributed by atoms with Crippen molar-refractivity contribution in [3.8, 4) is 11.5 Å². The lowest BCUT2D eigenvalue weighted by Gasteiger charge is -2.25. The molecule has 0 bridgehead atoms. The summed E-state index contributed by atoms with van der Waals surface area (Å²) in [6.45, 7) is 0.150. The van der Waals surface area contributed by atoms with Crippen molar-refractivity contribution in [3.63, 3.8) is 0 Å². The Balaban J connectivity index is 1.90. The van der Waals surface area contributed by atoms with E-state index in [1.165, 1.54) is 19.1 Å². The lowest BCUT2D eigenvalue weighted by atomic mass is 9.95. The summed E-state index contributed by atoms with van der Waals surface area (Å²) in [5.74, 6) is -1.01. The minimum absolute atomic E-state index is 0.0309. The quantitative estimate of drug-likeness (QED) is 0.363. The van der Waals surface area contributed by atoms with Crippen molar-refractivity contribution in [3.05, 3.63) is 89.5 Å². The van der Waals surface area contributed by atoms with Crippen molar-refractivity contribution in [1.82, 2.24) is 14.9 Å². The van der Waals surface area contributed by atoms with Crippen LogP contribution in [0.15, 0.2) is 72.8 Å². The van der Waals surface area contributed by atoms with Gasteiger partial charge in [0.1, 0.15) is 17.3 Å². The molecule has 1 unspecified atom stereocenters. The monoisotopic (exact) mass is 431 g/mol. The number of ketones is 1. The standard InChI is InChI=1S/C24H21N3O5/c1-31-17-5-6-19(32-2)18(12-17)22(28)20-21(16-7-10-25-11-8-16)27(24(30)23(20)29)14-15-4-3-9-26-13-15/h3-13,21,28H,14H2,1-2H3/b22-20+. The highest BCUT2D eigenvalue weighted by molar-refractivity contribution is 6.46. The fraction of sp³-hybridized carbons (Fsp3) is 0.167. The zero-order valence-electron chi connectivity index (χ0n) is 17.6. The Labute approximate surface area is 184 Å². The number of carbonyl (C=O) groups is 2. The van der Waals surface area contributed by atoms with Crippen LogP contribution >= 0.6 is 0 Å². The predicted octanol–water partition coefficient (Wildman–Crippen LogP) is 3.12. The second-order valence-electron chi connectivity index (χ2n) is 7.14. The van der Waals surface area contributed by atoms with Crippen LogP contribution in [0, 0.1) is 0 Å². The normalized spacial score (nSPS) is 17.4. The number of carbonyl (C=O) groups excluding carboxylic acids is 2. The Morgan fingerprint density at radius 3 is 2.47 bits per heavy atom. The largest absolute Gasteiger partial charge is 0.507 e. The summed E-state index contributed by atoms with van der Waals surface area (Å²) < 4.78 is 10.6. The average Bonchev–Trinajstić information content (AvgIpc) is 3.09. The Bertz CT molecular complexity index is 1180. The number of ether oxygens (including phenoxy) is 2. The Hall–Kier alpha value is -4.20. The van der Waals surface area contributed by atoms with Gasteiger partial charge in [-0.1, -0.05) is 6.07 Å². The van der Waals surface area contributed by atoms with Gasteiger partial charge in [0.15, 0.2) is 0 Å². The zero-order valence-corrected chi connectivity index (χ0v) is 17.6. The fourth-order valence-electron chi connectivity index (χ4n) is 3.77. The third kappa shape index (κ3) is 3.78. The van der Waals surface area contributed by atoms with Crippen molar-refractivity contribution in [2.75, 3.05) is 14.2 Å².